The van der Waals surface area contributed by atoms with Crippen LogP contribution in [0.5, 0.6) is 0 Å². The molecule has 1 atom stereocenters. The monoisotopic (exact) mass is 270 g/mol. The predicted molar refractivity (Wildman–Crippen MR) is 77.9 cm³/mol. The van der Waals surface area contributed by atoms with E-state index in [4.69, 9.17) is 5.11 Å². The Hall–Kier alpha value is -0.610. The van der Waals surface area contributed by atoms with Gasteiger partial charge >= 0.3 is 0 Å². The Bertz CT molecular complexity index is 261. The van der Waals surface area contributed by atoms with Crippen LogP contribution in [0.2, 0.25) is 0 Å². The lowest BCUT2D eigenvalue weighted by atomic mass is 9.96. The molecule has 0 saturated carbocycles. The predicted octanol–water partition coefficient (Wildman–Crippen LogP) is 1.63. The van der Waals surface area contributed by atoms with Crippen LogP contribution in [0.3, 0.4) is 0 Å². The third-order valence-corrected chi connectivity index (χ3v) is 3.72. The van der Waals surface area contributed by atoms with Crippen LogP contribution in [-0.4, -0.2) is 47.7 Å². The normalized spacial score (nSPS) is 19.2. The van der Waals surface area contributed by atoms with Gasteiger partial charge in [-0.1, -0.05) is 27.7 Å². The average molecular weight is 270 g/mol. The van der Waals surface area contributed by atoms with Gasteiger partial charge < -0.3 is 15.3 Å². The number of nitrogens with one attached hydrogen (secondary N) is 1. The van der Waals surface area contributed by atoms with Crippen molar-refractivity contribution in [3.05, 3.63) is 0 Å². The fourth-order valence-corrected chi connectivity index (χ4v) is 2.67. The summed E-state index contributed by atoms with van der Waals surface area (Å²) in [5, 5.41) is 12.5. The van der Waals surface area contributed by atoms with Gasteiger partial charge in [0.1, 0.15) is 0 Å². The summed E-state index contributed by atoms with van der Waals surface area (Å²) in [6, 6.07) is 0.258. The van der Waals surface area contributed by atoms with E-state index in [2.05, 4.69) is 33.0 Å². The van der Waals surface area contributed by atoms with Gasteiger partial charge in [-0.25, -0.2) is 0 Å². The lowest BCUT2D eigenvalue weighted by Crippen LogP contribution is -2.51. The van der Waals surface area contributed by atoms with Crippen molar-refractivity contribution in [2.24, 2.45) is 11.8 Å². The summed E-state index contributed by atoms with van der Waals surface area (Å²) < 4.78 is 0. The van der Waals surface area contributed by atoms with Crippen LogP contribution < -0.4 is 5.32 Å². The first kappa shape index (κ1) is 16.4. The van der Waals surface area contributed by atoms with E-state index in [1.165, 1.54) is 0 Å². The Morgan fingerprint density at radius 2 is 1.84 bits per heavy atom. The van der Waals surface area contributed by atoms with Crippen LogP contribution in [0.25, 0.3) is 0 Å². The molecule has 0 aromatic carbocycles. The van der Waals surface area contributed by atoms with Gasteiger partial charge in [-0.2, -0.15) is 0 Å². The highest BCUT2D eigenvalue weighted by Crippen LogP contribution is 2.18. The average Bonchev–Trinajstić information content (AvgIpc) is 2.36. The van der Waals surface area contributed by atoms with Gasteiger partial charge in [-0.15, -0.1) is 0 Å². The van der Waals surface area contributed by atoms with Crippen molar-refractivity contribution < 1.29 is 9.90 Å². The summed E-state index contributed by atoms with van der Waals surface area (Å²) in [6.07, 6.45) is 2.74. The number of likely N-dealkylation sites (tertiary alicyclic amines) is 1. The summed E-state index contributed by atoms with van der Waals surface area (Å²) in [5.74, 6) is 1.12. The van der Waals surface area contributed by atoms with Crippen molar-refractivity contribution in [3.8, 4) is 0 Å². The number of piperidine rings is 1. The molecule has 0 radical (unpaired) electrons. The second kappa shape index (κ2) is 7.85. The van der Waals surface area contributed by atoms with Crippen molar-refractivity contribution in [1.82, 2.24) is 10.2 Å². The fourth-order valence-electron chi connectivity index (χ4n) is 2.67. The molecular weight excluding hydrogens is 240 g/mol. The van der Waals surface area contributed by atoms with Crippen molar-refractivity contribution >= 4 is 5.91 Å². The number of aliphatic hydroxyl groups is 1. The van der Waals surface area contributed by atoms with Gasteiger partial charge in [0.15, 0.2) is 0 Å². The summed E-state index contributed by atoms with van der Waals surface area (Å²) in [7, 11) is 0. The summed E-state index contributed by atoms with van der Waals surface area (Å²) in [4.78, 5) is 14.5. The van der Waals surface area contributed by atoms with Crippen LogP contribution >= 0.6 is 0 Å². The second-order valence-corrected chi connectivity index (χ2v) is 6.45. The van der Waals surface area contributed by atoms with Crippen LogP contribution in [0.1, 0.15) is 47.0 Å². The van der Waals surface area contributed by atoms with E-state index in [1.807, 2.05) is 4.90 Å². The minimum atomic E-state index is -0.0642. The van der Waals surface area contributed by atoms with Crippen LogP contribution in [0.4, 0.5) is 0 Å². The second-order valence-electron chi connectivity index (χ2n) is 6.45. The highest BCUT2D eigenvalue weighted by Gasteiger charge is 2.28. The lowest BCUT2D eigenvalue weighted by Gasteiger charge is -2.34. The zero-order valence-corrected chi connectivity index (χ0v) is 12.9. The molecule has 1 aliphatic rings. The molecule has 4 nitrogen and oxygen atoms in total. The van der Waals surface area contributed by atoms with E-state index >= 15 is 0 Å². The smallest absolute Gasteiger partial charge is 0.239 e. The minimum absolute atomic E-state index is 0.0642. The maximum Gasteiger partial charge on any atom is 0.239 e. The molecule has 1 fully saturated rings. The molecule has 0 aliphatic carbocycles. The largest absolute Gasteiger partial charge is 0.396 e. The molecule has 1 rings (SSSR count). The highest BCUT2D eigenvalue weighted by atomic mass is 16.3. The first-order chi connectivity index (χ1) is 8.93. The standard InChI is InChI=1S/C15H30N2O2/c1-11(2)9-14(16-12(3)4)15(19)17-7-5-13(10-18)6-8-17/h11-14,16,18H,5-10H2,1-4H3. The van der Waals surface area contributed by atoms with E-state index in [0.717, 1.165) is 32.4 Å². The number of aliphatic hydroxyl groups excluding tert-OH is 1. The van der Waals surface area contributed by atoms with Crippen LogP contribution in [0, 0.1) is 11.8 Å². The molecule has 0 bridgehead atoms. The van der Waals surface area contributed by atoms with Crippen LogP contribution in [-0.2, 0) is 4.79 Å². The molecule has 1 heterocycles. The molecule has 0 aromatic heterocycles. The zero-order chi connectivity index (χ0) is 14.4. The molecule has 1 amide bonds. The Morgan fingerprint density at radius 3 is 2.26 bits per heavy atom. The molecule has 19 heavy (non-hydrogen) atoms. The van der Waals surface area contributed by atoms with E-state index in [9.17, 15) is 4.79 Å². The summed E-state index contributed by atoms with van der Waals surface area (Å²) in [6.45, 7) is 10.3. The van der Waals surface area contributed by atoms with Gasteiger partial charge in [-0.05, 0) is 31.1 Å². The first-order valence-electron chi connectivity index (χ1n) is 7.59. The Morgan fingerprint density at radius 1 is 1.26 bits per heavy atom. The van der Waals surface area contributed by atoms with Gasteiger partial charge in [0.25, 0.3) is 0 Å². The van der Waals surface area contributed by atoms with Crippen molar-refractivity contribution in [2.75, 3.05) is 19.7 Å². The Labute approximate surface area is 117 Å². The molecule has 1 unspecified atom stereocenters. The van der Waals surface area contributed by atoms with E-state index in [0.29, 0.717) is 17.9 Å². The fraction of sp³-hybridized carbons (Fsp3) is 0.933. The van der Waals surface area contributed by atoms with E-state index < -0.39 is 0 Å². The van der Waals surface area contributed by atoms with Crippen LogP contribution in [0.15, 0.2) is 0 Å². The summed E-state index contributed by atoms with van der Waals surface area (Å²) in [5.41, 5.74) is 0. The molecular formula is C15H30N2O2. The minimum Gasteiger partial charge on any atom is -0.396 e. The van der Waals surface area contributed by atoms with Crippen molar-refractivity contribution in [1.29, 1.82) is 0 Å². The molecule has 1 aliphatic heterocycles. The Balaban J connectivity index is 2.55. The Kier molecular flexibility index (Phi) is 6.80. The SMILES string of the molecule is CC(C)CC(NC(C)C)C(=O)N1CCC(CO)CC1. The van der Waals surface area contributed by atoms with Crippen molar-refractivity contribution in [3.63, 3.8) is 0 Å². The molecule has 4 heteroatoms. The lowest BCUT2D eigenvalue weighted by molar-refractivity contribution is -0.135. The number of carbonyl (C=O) groups excluding carboxylic acids is 1. The number of hydrogen-bond acceptors (Lipinski definition) is 3. The maximum atomic E-state index is 12.6. The van der Waals surface area contributed by atoms with E-state index in [-0.39, 0.29) is 18.6 Å². The number of hydrogen-bond donors (Lipinski definition) is 2. The third-order valence-electron chi connectivity index (χ3n) is 3.72. The third kappa shape index (κ3) is 5.49. The van der Waals surface area contributed by atoms with Gasteiger partial charge in [0.05, 0.1) is 6.04 Å². The number of carbonyl (C=O) groups is 1. The summed E-state index contributed by atoms with van der Waals surface area (Å²) >= 11 is 0. The zero-order valence-electron chi connectivity index (χ0n) is 12.9. The molecule has 112 valence electrons. The maximum absolute atomic E-state index is 12.6. The highest BCUT2D eigenvalue weighted by molar-refractivity contribution is 5.82. The first-order valence-corrected chi connectivity index (χ1v) is 7.59. The molecule has 0 aromatic rings. The van der Waals surface area contributed by atoms with E-state index in [1.54, 1.807) is 0 Å². The molecule has 1 saturated heterocycles. The quantitative estimate of drug-likeness (QED) is 0.771. The topological polar surface area (TPSA) is 52.6 Å². The van der Waals surface area contributed by atoms with Crippen molar-refractivity contribution in [2.45, 2.75) is 59.0 Å². The van der Waals surface area contributed by atoms with Gasteiger partial charge in [0, 0.05) is 25.7 Å². The number of amides is 1. The number of nitrogens with zero attached hydrogens (tertiary/aromatic N) is 1. The molecule has 0 spiro atoms. The van der Waals surface area contributed by atoms with Gasteiger partial charge in [-0.3, -0.25) is 4.79 Å². The van der Waals surface area contributed by atoms with Gasteiger partial charge in [0.2, 0.25) is 5.91 Å². The number of rotatable bonds is 6. The molecule has 2 N–H and O–H groups in total.